The van der Waals surface area contributed by atoms with Crippen molar-refractivity contribution in [3.8, 4) is 0 Å². The predicted molar refractivity (Wildman–Crippen MR) is 114 cm³/mol. The molecule has 0 atom stereocenters. The Morgan fingerprint density at radius 1 is 0.692 bits per heavy atom. The molecule has 2 aromatic rings. The van der Waals surface area contributed by atoms with Crippen LogP contribution < -0.4 is 2.89 Å². The van der Waals surface area contributed by atoms with Crippen LogP contribution in [-0.2, 0) is 23.2 Å². The van der Waals surface area contributed by atoms with Crippen LogP contribution in [0, 0.1) is 5.41 Å². The van der Waals surface area contributed by atoms with Gasteiger partial charge in [0, 0.05) is 0 Å². The third-order valence-corrected chi connectivity index (χ3v) is 12.4. The molecule has 0 aromatic heterocycles. The third-order valence-electron chi connectivity index (χ3n) is 5.31. The van der Waals surface area contributed by atoms with Gasteiger partial charge in [-0.15, -0.1) is 24.8 Å². The second-order valence-corrected chi connectivity index (χ2v) is 11.2. The van der Waals surface area contributed by atoms with Crippen molar-refractivity contribution in [3.05, 3.63) is 80.7 Å². The summed E-state index contributed by atoms with van der Waals surface area (Å²) in [6.07, 6.45) is 0. The molecule has 0 fully saturated rings. The quantitative estimate of drug-likeness (QED) is 0.358. The largest absolute Gasteiger partial charge is 0.147 e. The minimum absolute atomic E-state index is 0. The molecule has 0 bridgehead atoms. The second kappa shape index (κ2) is 9.39. The van der Waals surface area contributed by atoms with E-state index in [0.717, 1.165) is 0 Å². The maximum atomic E-state index is 2.62. The predicted octanol–water partition coefficient (Wildman–Crippen LogP) is 7.32. The van der Waals surface area contributed by atoms with Crippen LogP contribution >= 0.6 is 24.8 Å². The van der Waals surface area contributed by atoms with Crippen molar-refractivity contribution in [3.63, 3.8) is 0 Å². The van der Waals surface area contributed by atoms with Gasteiger partial charge in [0.2, 0.25) is 0 Å². The van der Waals surface area contributed by atoms with E-state index in [1.807, 2.05) is 0 Å². The monoisotopic (exact) mass is 555 g/mol. The van der Waals surface area contributed by atoms with Gasteiger partial charge in [0.1, 0.15) is 0 Å². The van der Waals surface area contributed by atoms with E-state index in [1.165, 1.54) is 22.5 Å². The number of halogens is 2. The molecule has 3 rings (SSSR count). The standard InChI is InChI=1S/C12H10N.C10H15.2ClH.Hf/c1-3-7-11(8-4-1)13-12-9-5-2-6-10-12;1-7-6-10(4,5)9(3)8(7)2;;;/h1-10H;1-5H3;2*1H;/q-1;;;;+1. The number of anilines is 2. The van der Waals surface area contributed by atoms with E-state index in [2.05, 4.69) is 98.2 Å². The summed E-state index contributed by atoms with van der Waals surface area (Å²) < 4.78 is 4.33. The van der Waals surface area contributed by atoms with Crippen molar-refractivity contribution in [1.29, 1.82) is 0 Å². The summed E-state index contributed by atoms with van der Waals surface area (Å²) in [6.45, 7) is 11.7. The van der Waals surface area contributed by atoms with Crippen LogP contribution in [0.25, 0.3) is 0 Å². The maximum Gasteiger partial charge on any atom is -0.147 e. The molecule has 4 heteroatoms. The van der Waals surface area contributed by atoms with Crippen LogP contribution in [0.5, 0.6) is 0 Å². The van der Waals surface area contributed by atoms with Crippen molar-refractivity contribution < 1.29 is 23.2 Å². The Bertz CT molecular complexity index is 756. The van der Waals surface area contributed by atoms with Crippen LogP contribution in [0.3, 0.4) is 0 Å². The number of hydrogen-bond donors (Lipinski definition) is 0. The van der Waals surface area contributed by atoms with E-state index in [1.54, 1.807) is 8.90 Å². The summed E-state index contributed by atoms with van der Waals surface area (Å²) in [5.74, 6) is 0. The fourth-order valence-electron chi connectivity index (χ4n) is 3.36. The van der Waals surface area contributed by atoms with Crippen LogP contribution in [-0.4, -0.2) is 0 Å². The average Bonchev–Trinajstić information content (AvgIpc) is 2.75. The zero-order chi connectivity index (χ0) is 17.3. The Labute approximate surface area is 182 Å². The average molecular weight is 555 g/mol. The topological polar surface area (TPSA) is 3.24 Å². The van der Waals surface area contributed by atoms with Crippen LogP contribution in [0.4, 0.5) is 11.4 Å². The molecular weight excluding hydrogens is 528 g/mol. The summed E-state index contributed by atoms with van der Waals surface area (Å²) in [4.78, 5) is 0. The second-order valence-electron chi connectivity index (χ2n) is 6.99. The van der Waals surface area contributed by atoms with Crippen LogP contribution in [0.1, 0.15) is 34.6 Å². The third kappa shape index (κ3) is 4.35. The molecule has 0 spiro atoms. The van der Waals surface area contributed by atoms with Gasteiger partial charge in [-0.2, -0.15) is 0 Å². The Hall–Kier alpha value is -0.830. The summed E-state index contributed by atoms with van der Waals surface area (Å²) in [5.41, 5.74) is 7.44. The van der Waals surface area contributed by atoms with E-state index >= 15 is 0 Å². The molecule has 0 unspecified atom stereocenters. The normalized spacial score (nSPS) is 15.3. The van der Waals surface area contributed by atoms with Crippen molar-refractivity contribution in [2.75, 3.05) is 2.89 Å². The molecule has 1 aliphatic carbocycles. The molecule has 0 amide bonds. The van der Waals surface area contributed by atoms with Gasteiger partial charge in [0.25, 0.3) is 0 Å². The number of benzene rings is 2. The molecule has 0 saturated carbocycles. The SMILES string of the molecule is CC1=C(C)C(C)(C)[C]([Hf][N](c2ccccc2)c2ccccc2)=C1C.Cl.Cl. The molecule has 0 saturated heterocycles. The molecule has 1 aliphatic rings. The number of rotatable bonds is 4. The zero-order valence-electron chi connectivity index (χ0n) is 16.0. The fraction of sp³-hybridized carbons (Fsp3) is 0.273. The Morgan fingerprint density at radius 2 is 1.12 bits per heavy atom. The van der Waals surface area contributed by atoms with Gasteiger partial charge >= 0.3 is 158 Å². The van der Waals surface area contributed by atoms with Gasteiger partial charge in [-0.3, -0.25) is 0 Å². The molecule has 138 valence electrons. The van der Waals surface area contributed by atoms with Crippen molar-refractivity contribution >= 4 is 36.2 Å². The van der Waals surface area contributed by atoms with E-state index in [9.17, 15) is 0 Å². The van der Waals surface area contributed by atoms with Gasteiger partial charge in [-0.1, -0.05) is 0 Å². The fourth-order valence-corrected chi connectivity index (χ4v) is 9.12. The first-order chi connectivity index (χ1) is 11.4. The van der Waals surface area contributed by atoms with E-state index in [4.69, 9.17) is 0 Å². The van der Waals surface area contributed by atoms with E-state index in [0.29, 0.717) is 0 Å². The van der Waals surface area contributed by atoms with E-state index < -0.39 is 23.2 Å². The van der Waals surface area contributed by atoms with Crippen LogP contribution in [0.15, 0.2) is 80.7 Å². The minimum atomic E-state index is -1.26. The molecule has 0 aliphatic heterocycles. The summed E-state index contributed by atoms with van der Waals surface area (Å²) in [6, 6.07) is 21.7. The van der Waals surface area contributed by atoms with Gasteiger partial charge in [0.05, 0.1) is 0 Å². The van der Waals surface area contributed by atoms with Gasteiger partial charge in [-0.05, 0) is 0 Å². The number of nitrogens with zero attached hydrogens (tertiary/aromatic N) is 1. The van der Waals surface area contributed by atoms with Gasteiger partial charge in [-0.25, -0.2) is 0 Å². The molecule has 0 heterocycles. The first-order valence-corrected chi connectivity index (χ1v) is 11.9. The van der Waals surface area contributed by atoms with Crippen LogP contribution in [0.2, 0.25) is 0 Å². The van der Waals surface area contributed by atoms with Gasteiger partial charge in [0.15, 0.2) is 0 Å². The molecule has 26 heavy (non-hydrogen) atoms. The molecular formula is C22H27Cl2HfN. The summed E-state index contributed by atoms with van der Waals surface area (Å²) >= 11 is -1.26. The number of allylic oxidation sites excluding steroid dienone is 4. The van der Waals surface area contributed by atoms with E-state index in [-0.39, 0.29) is 30.2 Å². The zero-order valence-corrected chi connectivity index (χ0v) is 21.3. The Kier molecular flexibility index (Phi) is 8.38. The first-order valence-electron chi connectivity index (χ1n) is 8.49. The first kappa shape index (κ1) is 23.2. The van der Waals surface area contributed by atoms with Gasteiger partial charge < -0.3 is 0 Å². The molecule has 1 nitrogen and oxygen atoms in total. The number of hydrogen-bond acceptors (Lipinski definition) is 1. The molecule has 0 radical (unpaired) electrons. The minimum Gasteiger partial charge on any atom is -0.147 e. The summed E-state index contributed by atoms with van der Waals surface area (Å²) in [7, 11) is 0. The Morgan fingerprint density at radius 3 is 1.46 bits per heavy atom. The maximum absolute atomic E-state index is 2.62. The van der Waals surface area contributed by atoms with Crippen molar-refractivity contribution in [2.24, 2.45) is 5.41 Å². The smallest absolute Gasteiger partial charge is 0.147 e. The summed E-state index contributed by atoms with van der Waals surface area (Å²) in [5, 5.41) is 0. The number of para-hydroxylation sites is 2. The molecule has 2 aromatic carbocycles. The molecule has 0 N–H and O–H groups in total. The van der Waals surface area contributed by atoms with Crippen molar-refractivity contribution in [2.45, 2.75) is 34.6 Å². The Balaban J connectivity index is 0.00000169. The van der Waals surface area contributed by atoms with Crippen molar-refractivity contribution in [1.82, 2.24) is 0 Å².